The van der Waals surface area contributed by atoms with Crippen molar-refractivity contribution in [2.75, 3.05) is 19.6 Å². The SMILES string of the molecule is Cc1ccc(C2CC(N)CN(CC(=O)OC(C)(C)C)C2)cc1. The number of likely N-dealkylation sites (tertiary alicyclic amines) is 1. The van der Waals surface area contributed by atoms with Gasteiger partial charge in [0.15, 0.2) is 0 Å². The van der Waals surface area contributed by atoms with Crippen LogP contribution >= 0.6 is 0 Å². The minimum absolute atomic E-state index is 0.0995. The molecule has 1 aliphatic heterocycles. The minimum Gasteiger partial charge on any atom is -0.459 e. The molecule has 1 saturated heterocycles. The molecule has 1 aromatic rings. The van der Waals surface area contributed by atoms with E-state index in [2.05, 4.69) is 36.1 Å². The first-order valence-corrected chi connectivity index (χ1v) is 7.99. The molecule has 2 unspecified atom stereocenters. The number of rotatable bonds is 3. The van der Waals surface area contributed by atoms with Crippen LogP contribution < -0.4 is 5.73 Å². The van der Waals surface area contributed by atoms with Gasteiger partial charge in [-0.25, -0.2) is 0 Å². The topological polar surface area (TPSA) is 55.6 Å². The number of hydrogen-bond donors (Lipinski definition) is 1. The zero-order valence-electron chi connectivity index (χ0n) is 14.1. The van der Waals surface area contributed by atoms with Gasteiger partial charge < -0.3 is 10.5 Å². The number of esters is 1. The molecule has 0 radical (unpaired) electrons. The van der Waals surface area contributed by atoms with E-state index in [1.807, 2.05) is 20.8 Å². The van der Waals surface area contributed by atoms with Crippen molar-refractivity contribution >= 4 is 5.97 Å². The molecule has 0 amide bonds. The van der Waals surface area contributed by atoms with E-state index in [1.54, 1.807) is 0 Å². The highest BCUT2D eigenvalue weighted by molar-refractivity contribution is 5.72. The minimum atomic E-state index is -0.439. The molecule has 1 heterocycles. The van der Waals surface area contributed by atoms with Gasteiger partial charge in [-0.3, -0.25) is 9.69 Å². The van der Waals surface area contributed by atoms with Gasteiger partial charge in [0.05, 0.1) is 6.54 Å². The quantitative estimate of drug-likeness (QED) is 0.872. The van der Waals surface area contributed by atoms with Crippen molar-refractivity contribution in [2.24, 2.45) is 5.73 Å². The van der Waals surface area contributed by atoms with Crippen molar-refractivity contribution in [2.45, 2.75) is 51.7 Å². The number of nitrogens with zero attached hydrogens (tertiary/aromatic N) is 1. The molecule has 2 atom stereocenters. The van der Waals surface area contributed by atoms with Crippen LogP contribution in [-0.2, 0) is 9.53 Å². The molecular weight excluding hydrogens is 276 g/mol. The van der Waals surface area contributed by atoms with Gasteiger partial charge in [0.1, 0.15) is 5.60 Å². The van der Waals surface area contributed by atoms with E-state index in [-0.39, 0.29) is 12.0 Å². The number of ether oxygens (including phenoxy) is 1. The van der Waals surface area contributed by atoms with Gasteiger partial charge in [-0.15, -0.1) is 0 Å². The lowest BCUT2D eigenvalue weighted by Gasteiger charge is -2.36. The Bertz CT molecular complexity index is 505. The standard InChI is InChI=1S/C18H28N2O2/c1-13-5-7-14(8-6-13)15-9-16(19)11-20(10-15)12-17(21)22-18(2,3)4/h5-8,15-16H,9-12,19H2,1-4H3. The molecule has 4 nitrogen and oxygen atoms in total. The number of carbonyl (C=O) groups excluding carboxylic acids is 1. The number of hydrogen-bond acceptors (Lipinski definition) is 4. The van der Waals surface area contributed by atoms with Gasteiger partial charge in [-0.1, -0.05) is 29.8 Å². The largest absolute Gasteiger partial charge is 0.459 e. The summed E-state index contributed by atoms with van der Waals surface area (Å²) in [6, 6.07) is 8.71. The molecule has 1 aromatic carbocycles. The Hall–Kier alpha value is -1.39. The average Bonchev–Trinajstić information content (AvgIpc) is 2.36. The summed E-state index contributed by atoms with van der Waals surface area (Å²) in [6.45, 7) is 9.68. The normalized spacial score (nSPS) is 23.3. The van der Waals surface area contributed by atoms with Crippen LogP contribution in [0.25, 0.3) is 0 Å². The lowest BCUT2D eigenvalue weighted by atomic mass is 9.88. The molecule has 2 rings (SSSR count). The van der Waals surface area contributed by atoms with Gasteiger partial charge in [0.2, 0.25) is 0 Å². The Morgan fingerprint density at radius 2 is 1.91 bits per heavy atom. The van der Waals surface area contributed by atoms with E-state index >= 15 is 0 Å². The molecule has 0 saturated carbocycles. The summed E-state index contributed by atoms with van der Waals surface area (Å²) >= 11 is 0. The lowest BCUT2D eigenvalue weighted by Crippen LogP contribution is -2.48. The molecule has 4 heteroatoms. The van der Waals surface area contributed by atoms with Gasteiger partial charge in [-0.2, -0.15) is 0 Å². The van der Waals surface area contributed by atoms with E-state index in [1.165, 1.54) is 11.1 Å². The number of nitrogens with two attached hydrogens (primary N) is 1. The highest BCUT2D eigenvalue weighted by atomic mass is 16.6. The summed E-state index contributed by atoms with van der Waals surface area (Å²) in [7, 11) is 0. The predicted molar refractivity (Wildman–Crippen MR) is 88.8 cm³/mol. The third-order valence-electron chi connectivity index (χ3n) is 3.88. The monoisotopic (exact) mass is 304 g/mol. The van der Waals surface area contributed by atoms with Crippen molar-refractivity contribution < 1.29 is 9.53 Å². The number of piperidine rings is 1. The average molecular weight is 304 g/mol. The Balaban J connectivity index is 1.99. The van der Waals surface area contributed by atoms with Crippen LogP contribution in [-0.4, -0.2) is 42.1 Å². The summed E-state index contributed by atoms with van der Waals surface area (Å²) in [4.78, 5) is 14.1. The third kappa shape index (κ3) is 5.11. The summed E-state index contributed by atoms with van der Waals surface area (Å²) in [6.07, 6.45) is 0.966. The number of benzene rings is 1. The Kier molecular flexibility index (Phi) is 5.24. The zero-order chi connectivity index (χ0) is 16.3. The van der Waals surface area contributed by atoms with Crippen LogP contribution in [0.3, 0.4) is 0 Å². The highest BCUT2D eigenvalue weighted by Gasteiger charge is 2.28. The maximum absolute atomic E-state index is 12.0. The highest BCUT2D eigenvalue weighted by Crippen LogP contribution is 2.26. The van der Waals surface area contributed by atoms with E-state index in [9.17, 15) is 4.79 Å². The Morgan fingerprint density at radius 1 is 1.27 bits per heavy atom. The van der Waals surface area contributed by atoms with Crippen LogP contribution in [0.2, 0.25) is 0 Å². The molecule has 22 heavy (non-hydrogen) atoms. The van der Waals surface area contributed by atoms with Crippen molar-refractivity contribution in [3.05, 3.63) is 35.4 Å². The van der Waals surface area contributed by atoms with Gasteiger partial charge in [-0.05, 0) is 45.6 Å². The second-order valence-electron chi connectivity index (χ2n) is 7.38. The number of carbonyl (C=O) groups is 1. The molecular formula is C18H28N2O2. The molecule has 1 aliphatic rings. The molecule has 1 fully saturated rings. The Labute approximate surface area is 133 Å². The molecule has 122 valence electrons. The van der Waals surface area contributed by atoms with Crippen molar-refractivity contribution in [3.63, 3.8) is 0 Å². The zero-order valence-corrected chi connectivity index (χ0v) is 14.1. The van der Waals surface area contributed by atoms with Crippen molar-refractivity contribution in [1.82, 2.24) is 4.90 Å². The van der Waals surface area contributed by atoms with Gasteiger partial charge in [0, 0.05) is 19.1 Å². The van der Waals surface area contributed by atoms with E-state index in [4.69, 9.17) is 10.5 Å². The lowest BCUT2D eigenvalue weighted by molar-refractivity contribution is -0.156. The maximum atomic E-state index is 12.0. The fraction of sp³-hybridized carbons (Fsp3) is 0.611. The molecule has 0 bridgehead atoms. The van der Waals surface area contributed by atoms with Crippen LogP contribution in [0.4, 0.5) is 0 Å². The van der Waals surface area contributed by atoms with Crippen molar-refractivity contribution in [1.29, 1.82) is 0 Å². The van der Waals surface area contributed by atoms with E-state index < -0.39 is 5.60 Å². The van der Waals surface area contributed by atoms with Crippen LogP contribution in [0.1, 0.15) is 44.2 Å². The summed E-state index contributed by atoms with van der Waals surface area (Å²) < 4.78 is 5.41. The van der Waals surface area contributed by atoms with Gasteiger partial charge >= 0.3 is 5.97 Å². The summed E-state index contributed by atoms with van der Waals surface area (Å²) in [5.41, 5.74) is 8.31. The van der Waals surface area contributed by atoms with Crippen LogP contribution in [0.5, 0.6) is 0 Å². The first-order chi connectivity index (χ1) is 10.2. The molecule has 0 aliphatic carbocycles. The first kappa shape index (κ1) is 17.0. The fourth-order valence-electron chi connectivity index (χ4n) is 3.00. The third-order valence-corrected chi connectivity index (χ3v) is 3.88. The van der Waals surface area contributed by atoms with Gasteiger partial charge in [0.25, 0.3) is 0 Å². The molecule has 2 N–H and O–H groups in total. The van der Waals surface area contributed by atoms with E-state index in [0.29, 0.717) is 12.5 Å². The fourth-order valence-corrected chi connectivity index (χ4v) is 3.00. The van der Waals surface area contributed by atoms with Crippen LogP contribution in [0.15, 0.2) is 24.3 Å². The predicted octanol–water partition coefficient (Wildman–Crippen LogP) is 2.45. The first-order valence-electron chi connectivity index (χ1n) is 7.99. The maximum Gasteiger partial charge on any atom is 0.320 e. The van der Waals surface area contributed by atoms with Crippen molar-refractivity contribution in [3.8, 4) is 0 Å². The smallest absolute Gasteiger partial charge is 0.320 e. The second kappa shape index (κ2) is 6.80. The van der Waals surface area contributed by atoms with E-state index in [0.717, 1.165) is 19.5 Å². The molecule has 0 aromatic heterocycles. The molecule has 0 spiro atoms. The number of aryl methyl sites for hydroxylation is 1. The van der Waals surface area contributed by atoms with Crippen LogP contribution in [0, 0.1) is 6.92 Å². The summed E-state index contributed by atoms with van der Waals surface area (Å²) in [5.74, 6) is 0.205. The Morgan fingerprint density at radius 3 is 2.50 bits per heavy atom. The second-order valence-corrected chi connectivity index (χ2v) is 7.38. The summed E-state index contributed by atoms with van der Waals surface area (Å²) in [5, 5.41) is 0.